The average molecular weight is 388 g/mol. The van der Waals surface area contributed by atoms with Crippen molar-refractivity contribution in [1.29, 1.82) is 0 Å². The number of nitrogens with zero attached hydrogens (tertiary/aromatic N) is 3. The molecule has 2 heterocycles. The normalized spacial score (nSPS) is 10.7. The number of hydrogen-bond donors (Lipinski definition) is 1. The van der Waals surface area contributed by atoms with Crippen molar-refractivity contribution in [3.63, 3.8) is 0 Å². The third-order valence-corrected chi connectivity index (χ3v) is 5.04. The van der Waals surface area contributed by atoms with Crippen molar-refractivity contribution in [2.45, 2.75) is 5.16 Å². The van der Waals surface area contributed by atoms with Crippen LogP contribution in [-0.2, 0) is 4.79 Å². The lowest BCUT2D eigenvalue weighted by Crippen LogP contribution is -2.17. The van der Waals surface area contributed by atoms with E-state index in [0.717, 1.165) is 5.65 Å². The SMILES string of the molecule is O=C(CSc1nnc2ccccn12)Nc1ccccc1C(=O)c1ccccc1. The number of hydrogen-bond acceptors (Lipinski definition) is 5. The van der Waals surface area contributed by atoms with Gasteiger partial charge in [-0.3, -0.25) is 14.0 Å². The van der Waals surface area contributed by atoms with Crippen LogP contribution in [-0.4, -0.2) is 32.0 Å². The van der Waals surface area contributed by atoms with Crippen molar-refractivity contribution < 1.29 is 9.59 Å². The summed E-state index contributed by atoms with van der Waals surface area (Å²) in [5.74, 6) is -0.192. The van der Waals surface area contributed by atoms with E-state index in [1.54, 1.807) is 36.4 Å². The van der Waals surface area contributed by atoms with Gasteiger partial charge >= 0.3 is 0 Å². The zero-order chi connectivity index (χ0) is 19.3. The van der Waals surface area contributed by atoms with E-state index in [4.69, 9.17) is 0 Å². The van der Waals surface area contributed by atoms with Crippen molar-refractivity contribution in [1.82, 2.24) is 14.6 Å². The minimum atomic E-state index is -0.217. The van der Waals surface area contributed by atoms with Crippen LogP contribution < -0.4 is 5.32 Å². The molecular weight excluding hydrogens is 372 g/mol. The third kappa shape index (κ3) is 3.79. The largest absolute Gasteiger partial charge is 0.325 e. The number of para-hydroxylation sites is 1. The Morgan fingerprint density at radius 1 is 0.893 bits per heavy atom. The second-order valence-electron chi connectivity index (χ2n) is 5.99. The summed E-state index contributed by atoms with van der Waals surface area (Å²) in [6.45, 7) is 0. The molecule has 2 aromatic carbocycles. The highest BCUT2D eigenvalue weighted by molar-refractivity contribution is 7.99. The van der Waals surface area contributed by atoms with Crippen LogP contribution in [0.4, 0.5) is 5.69 Å². The van der Waals surface area contributed by atoms with E-state index >= 15 is 0 Å². The summed E-state index contributed by atoms with van der Waals surface area (Å²) in [4.78, 5) is 25.2. The van der Waals surface area contributed by atoms with Crippen molar-refractivity contribution in [3.8, 4) is 0 Å². The van der Waals surface area contributed by atoms with Gasteiger partial charge < -0.3 is 5.32 Å². The van der Waals surface area contributed by atoms with Crippen LogP contribution >= 0.6 is 11.8 Å². The molecule has 0 atom stereocenters. The number of thioether (sulfide) groups is 1. The number of rotatable bonds is 6. The van der Waals surface area contributed by atoms with Gasteiger partial charge in [0.1, 0.15) is 0 Å². The summed E-state index contributed by atoms with van der Waals surface area (Å²) in [5.41, 5.74) is 2.26. The number of aromatic nitrogens is 3. The molecule has 0 aliphatic carbocycles. The number of anilines is 1. The molecule has 0 saturated carbocycles. The molecule has 28 heavy (non-hydrogen) atoms. The van der Waals surface area contributed by atoms with Crippen LogP contribution in [0.1, 0.15) is 15.9 Å². The molecule has 6 nitrogen and oxygen atoms in total. The molecule has 0 aliphatic rings. The lowest BCUT2D eigenvalue weighted by molar-refractivity contribution is -0.113. The third-order valence-electron chi connectivity index (χ3n) is 4.10. The average Bonchev–Trinajstić information content (AvgIpc) is 3.16. The molecule has 0 spiro atoms. The Morgan fingerprint density at radius 2 is 1.64 bits per heavy atom. The highest BCUT2D eigenvalue weighted by Crippen LogP contribution is 2.21. The van der Waals surface area contributed by atoms with E-state index in [1.807, 2.05) is 47.0 Å². The quantitative estimate of drug-likeness (QED) is 0.403. The molecule has 0 radical (unpaired) electrons. The maximum Gasteiger partial charge on any atom is 0.234 e. The summed E-state index contributed by atoms with van der Waals surface area (Å²) in [6, 6.07) is 21.6. The highest BCUT2D eigenvalue weighted by atomic mass is 32.2. The van der Waals surface area contributed by atoms with Crippen molar-refractivity contribution >= 4 is 34.8 Å². The summed E-state index contributed by atoms with van der Waals surface area (Å²) in [7, 11) is 0. The maximum absolute atomic E-state index is 12.8. The summed E-state index contributed by atoms with van der Waals surface area (Å²) in [5, 5.41) is 11.6. The number of ketones is 1. The van der Waals surface area contributed by atoms with Gasteiger partial charge in [0, 0.05) is 17.3 Å². The van der Waals surface area contributed by atoms with Crippen molar-refractivity contribution in [2.24, 2.45) is 0 Å². The Labute approximate surface area is 165 Å². The molecular formula is C21H16N4O2S. The predicted molar refractivity (Wildman–Crippen MR) is 109 cm³/mol. The van der Waals surface area contributed by atoms with E-state index in [-0.39, 0.29) is 17.4 Å². The lowest BCUT2D eigenvalue weighted by atomic mass is 10.0. The molecule has 0 fully saturated rings. The summed E-state index contributed by atoms with van der Waals surface area (Å²) < 4.78 is 1.82. The van der Waals surface area contributed by atoms with Crippen LogP contribution in [0.25, 0.3) is 5.65 Å². The molecule has 0 unspecified atom stereocenters. The first-order chi connectivity index (χ1) is 13.7. The first kappa shape index (κ1) is 17.9. The van der Waals surface area contributed by atoms with Crippen LogP contribution in [0.15, 0.2) is 84.1 Å². The molecule has 4 aromatic rings. The minimum absolute atomic E-state index is 0.132. The fourth-order valence-corrected chi connectivity index (χ4v) is 3.49. The maximum atomic E-state index is 12.8. The van der Waals surface area contributed by atoms with Gasteiger partial charge in [-0.15, -0.1) is 10.2 Å². The van der Waals surface area contributed by atoms with Gasteiger partial charge in [-0.25, -0.2) is 0 Å². The highest BCUT2D eigenvalue weighted by Gasteiger charge is 2.15. The second-order valence-corrected chi connectivity index (χ2v) is 6.93. The second kappa shape index (κ2) is 8.06. The van der Waals surface area contributed by atoms with Crippen LogP contribution in [0.3, 0.4) is 0 Å². The Balaban J connectivity index is 1.47. The molecule has 2 aromatic heterocycles. The monoisotopic (exact) mass is 388 g/mol. The predicted octanol–water partition coefficient (Wildman–Crippen LogP) is 3.69. The number of benzene rings is 2. The molecule has 0 aliphatic heterocycles. The lowest BCUT2D eigenvalue weighted by Gasteiger charge is -2.10. The Hall–Kier alpha value is -3.45. The first-order valence-electron chi connectivity index (χ1n) is 8.63. The number of fused-ring (bicyclic) bond motifs is 1. The number of nitrogens with one attached hydrogen (secondary N) is 1. The van der Waals surface area contributed by atoms with Crippen LogP contribution in [0.2, 0.25) is 0 Å². The zero-order valence-electron chi connectivity index (χ0n) is 14.8. The molecule has 0 saturated heterocycles. The summed E-state index contributed by atoms with van der Waals surface area (Å²) in [6.07, 6.45) is 1.85. The fraction of sp³-hybridized carbons (Fsp3) is 0.0476. The minimum Gasteiger partial charge on any atom is -0.325 e. The van der Waals surface area contributed by atoms with E-state index in [2.05, 4.69) is 15.5 Å². The zero-order valence-corrected chi connectivity index (χ0v) is 15.6. The summed E-state index contributed by atoms with van der Waals surface area (Å²) >= 11 is 1.29. The van der Waals surface area contributed by atoms with Crippen molar-refractivity contribution in [2.75, 3.05) is 11.1 Å². The molecule has 7 heteroatoms. The fourth-order valence-electron chi connectivity index (χ4n) is 2.77. The molecule has 138 valence electrons. The van der Waals surface area contributed by atoms with Gasteiger partial charge in [0.25, 0.3) is 0 Å². The number of carbonyl (C=O) groups is 2. The van der Waals surface area contributed by atoms with E-state index in [0.29, 0.717) is 22.0 Å². The number of carbonyl (C=O) groups excluding carboxylic acids is 2. The molecule has 4 rings (SSSR count). The van der Waals surface area contributed by atoms with Crippen molar-refractivity contribution in [3.05, 3.63) is 90.1 Å². The standard InChI is InChI=1S/C21H16N4O2S/c26-19(14-28-21-24-23-18-12-6-7-13-25(18)21)22-17-11-5-4-10-16(17)20(27)15-8-2-1-3-9-15/h1-13H,14H2,(H,22,26). The van der Waals surface area contributed by atoms with E-state index < -0.39 is 0 Å². The smallest absolute Gasteiger partial charge is 0.234 e. The van der Waals surface area contributed by atoms with Gasteiger partial charge in [0.05, 0.1) is 11.4 Å². The number of amides is 1. The van der Waals surface area contributed by atoms with Gasteiger partial charge in [-0.1, -0.05) is 60.3 Å². The van der Waals surface area contributed by atoms with Crippen LogP contribution in [0, 0.1) is 0 Å². The first-order valence-corrected chi connectivity index (χ1v) is 9.62. The van der Waals surface area contributed by atoms with E-state index in [9.17, 15) is 9.59 Å². The van der Waals surface area contributed by atoms with Gasteiger partial charge in [0.15, 0.2) is 16.6 Å². The number of pyridine rings is 1. The van der Waals surface area contributed by atoms with Gasteiger partial charge in [-0.2, -0.15) is 0 Å². The Bertz CT molecular complexity index is 1140. The van der Waals surface area contributed by atoms with E-state index in [1.165, 1.54) is 11.8 Å². The molecule has 0 bridgehead atoms. The van der Waals surface area contributed by atoms with Gasteiger partial charge in [0.2, 0.25) is 5.91 Å². The molecule has 1 amide bonds. The van der Waals surface area contributed by atoms with Gasteiger partial charge in [-0.05, 0) is 24.3 Å². The topological polar surface area (TPSA) is 76.4 Å². The van der Waals surface area contributed by atoms with Crippen LogP contribution in [0.5, 0.6) is 0 Å². The Morgan fingerprint density at radius 3 is 2.50 bits per heavy atom. The molecule has 1 N–H and O–H groups in total. The Kier molecular flexibility index (Phi) is 5.16.